The van der Waals surface area contributed by atoms with E-state index in [1.807, 2.05) is 25.1 Å². The first-order valence-electron chi connectivity index (χ1n) is 7.94. The minimum absolute atomic E-state index is 0.00506. The molecule has 0 aromatic heterocycles. The van der Waals surface area contributed by atoms with Gasteiger partial charge in [-0.2, -0.15) is 0 Å². The summed E-state index contributed by atoms with van der Waals surface area (Å²) in [5.74, 6) is 0.00506. The minimum Gasteiger partial charge on any atom is -0.373 e. The van der Waals surface area contributed by atoms with E-state index in [1.54, 1.807) is 6.08 Å². The zero-order valence-corrected chi connectivity index (χ0v) is 14.0. The Morgan fingerprint density at radius 2 is 1.95 bits per heavy atom. The molecule has 0 saturated carbocycles. The third kappa shape index (κ3) is 8.86. The molecule has 2 atom stereocenters. The molecule has 0 bridgehead atoms. The summed E-state index contributed by atoms with van der Waals surface area (Å²) in [7, 11) is 3.96. The molecule has 1 aliphatic heterocycles. The van der Waals surface area contributed by atoms with Crippen LogP contribution in [0.2, 0.25) is 0 Å². The highest BCUT2D eigenvalue weighted by molar-refractivity contribution is 5.87. The van der Waals surface area contributed by atoms with Gasteiger partial charge in [-0.1, -0.05) is 6.08 Å². The average molecular weight is 297 g/mol. The van der Waals surface area contributed by atoms with E-state index in [-0.39, 0.29) is 5.91 Å². The molecule has 21 heavy (non-hydrogen) atoms. The van der Waals surface area contributed by atoms with Crippen molar-refractivity contribution in [3.05, 3.63) is 12.2 Å². The van der Waals surface area contributed by atoms with Crippen molar-refractivity contribution in [2.75, 3.05) is 46.8 Å². The zero-order chi connectivity index (χ0) is 15.7. The first-order valence-corrected chi connectivity index (χ1v) is 7.94. The van der Waals surface area contributed by atoms with Crippen LogP contribution in [0.25, 0.3) is 0 Å². The highest BCUT2D eigenvalue weighted by atomic mass is 16.5. The van der Waals surface area contributed by atoms with Gasteiger partial charge in [0.1, 0.15) is 0 Å². The van der Waals surface area contributed by atoms with Crippen LogP contribution in [0.4, 0.5) is 0 Å². The predicted octanol–water partition coefficient (Wildman–Crippen LogP) is 1.11. The lowest BCUT2D eigenvalue weighted by atomic mass is 10.2. The van der Waals surface area contributed by atoms with Gasteiger partial charge in [-0.15, -0.1) is 0 Å². The number of carbonyl (C=O) groups excluding carboxylic acids is 1. The zero-order valence-electron chi connectivity index (χ0n) is 14.0. The number of likely N-dealkylation sites (N-methyl/N-ethyl adjacent to an activating group) is 1. The number of unbranched alkanes of at least 4 members (excludes halogenated alkanes) is 1. The van der Waals surface area contributed by atoms with Crippen LogP contribution in [0.1, 0.15) is 26.7 Å². The highest BCUT2D eigenvalue weighted by Crippen LogP contribution is 2.10. The number of carbonyl (C=O) groups is 1. The van der Waals surface area contributed by atoms with E-state index in [2.05, 4.69) is 24.1 Å². The van der Waals surface area contributed by atoms with Crippen molar-refractivity contribution < 1.29 is 9.53 Å². The summed E-state index contributed by atoms with van der Waals surface area (Å²) in [5.41, 5.74) is 0. The molecule has 1 amide bonds. The molecule has 1 N–H and O–H groups in total. The Bertz CT molecular complexity index is 321. The van der Waals surface area contributed by atoms with Crippen LogP contribution in [0.15, 0.2) is 12.2 Å². The van der Waals surface area contributed by atoms with E-state index in [9.17, 15) is 4.79 Å². The number of nitrogens with one attached hydrogen (secondary N) is 1. The molecular formula is C16H31N3O2. The minimum atomic E-state index is 0.00506. The van der Waals surface area contributed by atoms with Crippen molar-refractivity contribution in [2.45, 2.75) is 38.9 Å². The lowest BCUT2D eigenvalue weighted by Gasteiger charge is -2.35. The first kappa shape index (κ1) is 18.1. The number of morpholine rings is 1. The summed E-state index contributed by atoms with van der Waals surface area (Å²) in [6.45, 7) is 8.92. The Morgan fingerprint density at radius 3 is 2.57 bits per heavy atom. The van der Waals surface area contributed by atoms with Crippen LogP contribution < -0.4 is 5.32 Å². The maximum absolute atomic E-state index is 11.5. The van der Waals surface area contributed by atoms with Gasteiger partial charge in [-0.05, 0) is 47.3 Å². The van der Waals surface area contributed by atoms with Crippen LogP contribution in [0, 0.1) is 0 Å². The molecule has 1 fully saturated rings. The Morgan fingerprint density at radius 1 is 1.29 bits per heavy atom. The number of rotatable bonds is 8. The number of ether oxygens (including phenoxy) is 1. The summed E-state index contributed by atoms with van der Waals surface area (Å²) < 4.78 is 5.72. The maximum atomic E-state index is 11.5. The van der Waals surface area contributed by atoms with Crippen LogP contribution in [-0.4, -0.2) is 74.7 Å². The molecule has 2 unspecified atom stereocenters. The van der Waals surface area contributed by atoms with Gasteiger partial charge in [0, 0.05) is 32.3 Å². The van der Waals surface area contributed by atoms with Crippen LogP contribution in [0.5, 0.6) is 0 Å². The molecule has 0 aliphatic carbocycles. The van der Waals surface area contributed by atoms with E-state index in [1.165, 1.54) is 0 Å². The van der Waals surface area contributed by atoms with E-state index in [0.29, 0.717) is 12.2 Å². The SMILES string of the molecule is CC1CN(CCCCNC(=O)/C=C/CN(C)C)CC(C)O1. The van der Waals surface area contributed by atoms with Crippen LogP contribution >= 0.6 is 0 Å². The molecule has 122 valence electrons. The monoisotopic (exact) mass is 297 g/mol. The summed E-state index contributed by atoms with van der Waals surface area (Å²) >= 11 is 0. The normalized spacial score (nSPS) is 23.9. The van der Waals surface area contributed by atoms with E-state index >= 15 is 0 Å². The Hall–Kier alpha value is -0.910. The number of hydrogen-bond acceptors (Lipinski definition) is 4. The lowest BCUT2D eigenvalue weighted by Crippen LogP contribution is -2.45. The van der Waals surface area contributed by atoms with Crippen molar-refractivity contribution in [1.82, 2.24) is 15.1 Å². The second-order valence-electron chi connectivity index (χ2n) is 6.18. The molecule has 1 rings (SSSR count). The van der Waals surface area contributed by atoms with Gasteiger partial charge in [0.2, 0.25) is 5.91 Å². The summed E-state index contributed by atoms with van der Waals surface area (Å²) in [4.78, 5) is 16.0. The largest absolute Gasteiger partial charge is 0.373 e. The summed E-state index contributed by atoms with van der Waals surface area (Å²) in [6.07, 6.45) is 6.29. The summed E-state index contributed by atoms with van der Waals surface area (Å²) in [6, 6.07) is 0. The standard InChI is InChI=1S/C16H31N3O2/c1-14-12-19(13-15(2)21-14)11-6-5-9-17-16(20)8-7-10-18(3)4/h7-8,14-15H,5-6,9-13H2,1-4H3,(H,17,20)/b8-7+. The average Bonchev–Trinajstić information content (AvgIpc) is 2.36. The molecule has 5 heteroatoms. The van der Waals surface area contributed by atoms with Crippen molar-refractivity contribution in [2.24, 2.45) is 0 Å². The molecule has 1 aliphatic rings. The molecule has 1 saturated heterocycles. The molecule has 1 heterocycles. The van der Waals surface area contributed by atoms with E-state index in [0.717, 1.165) is 45.6 Å². The van der Waals surface area contributed by atoms with Gasteiger partial charge in [0.05, 0.1) is 12.2 Å². The lowest BCUT2D eigenvalue weighted by molar-refractivity contribution is -0.116. The quantitative estimate of drug-likeness (QED) is 0.538. The fraction of sp³-hybridized carbons (Fsp3) is 0.812. The van der Waals surface area contributed by atoms with Gasteiger partial charge in [-0.25, -0.2) is 0 Å². The third-order valence-corrected chi connectivity index (χ3v) is 3.44. The van der Waals surface area contributed by atoms with Gasteiger partial charge in [0.15, 0.2) is 0 Å². The highest BCUT2D eigenvalue weighted by Gasteiger charge is 2.21. The van der Waals surface area contributed by atoms with Crippen molar-refractivity contribution in [3.63, 3.8) is 0 Å². The number of amides is 1. The predicted molar refractivity (Wildman–Crippen MR) is 86.4 cm³/mol. The number of nitrogens with zero attached hydrogens (tertiary/aromatic N) is 2. The molecule has 5 nitrogen and oxygen atoms in total. The molecule has 0 aromatic rings. The van der Waals surface area contributed by atoms with Crippen LogP contribution in [-0.2, 0) is 9.53 Å². The molecular weight excluding hydrogens is 266 g/mol. The maximum Gasteiger partial charge on any atom is 0.243 e. The first-order chi connectivity index (χ1) is 9.97. The van der Waals surface area contributed by atoms with Crippen molar-refractivity contribution in [3.8, 4) is 0 Å². The van der Waals surface area contributed by atoms with Gasteiger partial charge >= 0.3 is 0 Å². The van der Waals surface area contributed by atoms with Gasteiger partial charge < -0.3 is 15.0 Å². The molecule has 0 spiro atoms. The van der Waals surface area contributed by atoms with Crippen molar-refractivity contribution in [1.29, 1.82) is 0 Å². The Kier molecular flexibility index (Phi) is 8.57. The topological polar surface area (TPSA) is 44.8 Å². The Balaban J connectivity index is 2.04. The van der Waals surface area contributed by atoms with E-state index in [4.69, 9.17) is 4.74 Å². The Labute approximate surface area is 129 Å². The van der Waals surface area contributed by atoms with Crippen LogP contribution in [0.3, 0.4) is 0 Å². The molecule has 0 aromatic carbocycles. The summed E-state index contributed by atoms with van der Waals surface area (Å²) in [5, 5.41) is 2.92. The van der Waals surface area contributed by atoms with Gasteiger partial charge in [0.25, 0.3) is 0 Å². The number of hydrogen-bond donors (Lipinski definition) is 1. The van der Waals surface area contributed by atoms with Gasteiger partial charge in [-0.3, -0.25) is 9.69 Å². The smallest absolute Gasteiger partial charge is 0.243 e. The second kappa shape index (κ2) is 9.92. The third-order valence-electron chi connectivity index (χ3n) is 3.44. The van der Waals surface area contributed by atoms with Crippen molar-refractivity contribution >= 4 is 5.91 Å². The fourth-order valence-corrected chi connectivity index (χ4v) is 2.57. The second-order valence-corrected chi connectivity index (χ2v) is 6.18. The molecule has 0 radical (unpaired) electrons. The fourth-order valence-electron chi connectivity index (χ4n) is 2.57. The van der Waals surface area contributed by atoms with E-state index < -0.39 is 0 Å².